The van der Waals surface area contributed by atoms with Crippen LogP contribution in [0.5, 0.6) is 5.75 Å². The number of carbonyl (C=O) groups is 1. The Morgan fingerprint density at radius 2 is 1.96 bits per heavy atom. The zero-order valence-electron chi connectivity index (χ0n) is 12.2. The van der Waals surface area contributed by atoms with Crippen molar-refractivity contribution in [2.45, 2.75) is 0 Å². The summed E-state index contributed by atoms with van der Waals surface area (Å²) in [6.45, 7) is 0. The number of hydrogen-bond acceptors (Lipinski definition) is 3. The third-order valence-corrected chi connectivity index (χ3v) is 3.81. The molecule has 0 unspecified atom stereocenters. The molecule has 0 fully saturated rings. The van der Waals surface area contributed by atoms with Crippen molar-refractivity contribution >= 4 is 34.1 Å². The molecule has 2 aromatic carbocycles. The molecule has 0 spiro atoms. The van der Waals surface area contributed by atoms with Crippen LogP contribution in [-0.2, 0) is 7.05 Å². The van der Waals surface area contributed by atoms with Crippen molar-refractivity contribution in [3.8, 4) is 5.75 Å². The van der Waals surface area contributed by atoms with Gasteiger partial charge in [-0.15, -0.1) is 0 Å². The number of nitrogens with zero attached hydrogens (tertiary/aromatic N) is 1. The molecule has 116 valence electrons. The molecule has 0 atom stereocenters. The first-order chi connectivity index (χ1) is 11.0. The number of aromatic hydroxyl groups is 1. The van der Waals surface area contributed by atoms with Gasteiger partial charge >= 0.3 is 0 Å². The number of pyridine rings is 1. The number of aromatic nitrogens is 1. The molecule has 0 saturated carbocycles. The fraction of sp³-hybridized carbons (Fsp3) is 0.0588. The monoisotopic (exact) mass is 328 g/mol. The molecule has 1 heterocycles. The Balaban J connectivity index is 2.08. The molecule has 1 amide bonds. The third-order valence-electron chi connectivity index (χ3n) is 3.50. The Kier molecular flexibility index (Phi) is 3.80. The molecular weight excluding hydrogens is 316 g/mol. The van der Waals surface area contributed by atoms with Crippen LogP contribution in [0.4, 0.5) is 5.69 Å². The average molecular weight is 329 g/mol. The summed E-state index contributed by atoms with van der Waals surface area (Å²) < 4.78 is 1.65. The zero-order chi connectivity index (χ0) is 16.6. The zero-order valence-corrected chi connectivity index (χ0v) is 13.0. The number of nitrogens with one attached hydrogen (secondary N) is 1. The van der Waals surface area contributed by atoms with E-state index in [-0.39, 0.29) is 11.3 Å². The van der Waals surface area contributed by atoms with Crippen LogP contribution in [0.2, 0.25) is 5.02 Å². The summed E-state index contributed by atoms with van der Waals surface area (Å²) in [4.78, 5) is 24.9. The fourth-order valence-corrected chi connectivity index (χ4v) is 2.77. The van der Waals surface area contributed by atoms with Crippen molar-refractivity contribution in [2.75, 3.05) is 5.32 Å². The van der Waals surface area contributed by atoms with Gasteiger partial charge < -0.3 is 15.0 Å². The minimum absolute atomic E-state index is 0.00519. The number of phenols is 1. The quantitative estimate of drug-likeness (QED) is 0.759. The number of phenolic OH excluding ortho intramolecular Hbond substituents is 1. The van der Waals surface area contributed by atoms with Crippen LogP contribution in [0, 0.1) is 0 Å². The second kappa shape index (κ2) is 5.78. The second-order valence-corrected chi connectivity index (χ2v) is 5.53. The Hall–Kier alpha value is -2.79. The minimum atomic E-state index is -0.543. The third kappa shape index (κ3) is 2.78. The highest BCUT2D eigenvalue weighted by Crippen LogP contribution is 2.21. The molecule has 5 nitrogen and oxygen atoms in total. The van der Waals surface area contributed by atoms with Crippen LogP contribution in [0.15, 0.2) is 53.5 Å². The maximum absolute atomic E-state index is 12.5. The van der Waals surface area contributed by atoms with Crippen molar-refractivity contribution in [1.82, 2.24) is 4.57 Å². The van der Waals surface area contributed by atoms with Gasteiger partial charge in [0.05, 0.1) is 10.5 Å². The van der Waals surface area contributed by atoms with Gasteiger partial charge in [0.15, 0.2) is 0 Å². The molecular formula is C17H13ClN2O3. The van der Waals surface area contributed by atoms with Crippen LogP contribution in [-0.4, -0.2) is 15.6 Å². The first-order valence-corrected chi connectivity index (χ1v) is 7.23. The molecule has 3 rings (SSSR count). The van der Waals surface area contributed by atoms with Gasteiger partial charge in [-0.25, -0.2) is 0 Å². The Morgan fingerprint density at radius 1 is 1.22 bits per heavy atom. The van der Waals surface area contributed by atoms with Gasteiger partial charge in [-0.05, 0) is 24.3 Å². The maximum atomic E-state index is 12.5. The molecule has 0 aliphatic heterocycles. The number of fused-ring (bicyclic) bond motifs is 1. The summed E-state index contributed by atoms with van der Waals surface area (Å²) >= 11 is 6.13. The standard InChI is InChI=1S/C17H13ClN2O3/c1-20-9-13(16(22)12-6-3-7-14(18)15(12)20)17(23)19-10-4-2-5-11(21)8-10/h2-9,21H,1H3,(H,19,23). The van der Waals surface area contributed by atoms with Crippen molar-refractivity contribution in [2.24, 2.45) is 7.05 Å². The molecule has 1 aromatic heterocycles. The van der Waals surface area contributed by atoms with E-state index in [1.807, 2.05) is 0 Å². The number of benzene rings is 2. The second-order valence-electron chi connectivity index (χ2n) is 5.12. The van der Waals surface area contributed by atoms with Gasteiger partial charge in [-0.1, -0.05) is 23.7 Å². The molecule has 0 aliphatic rings. The van der Waals surface area contributed by atoms with E-state index < -0.39 is 11.3 Å². The van der Waals surface area contributed by atoms with Gasteiger partial charge in [0.25, 0.3) is 5.91 Å². The lowest BCUT2D eigenvalue weighted by Gasteiger charge is -2.11. The van der Waals surface area contributed by atoms with E-state index in [0.29, 0.717) is 21.6 Å². The molecule has 0 bridgehead atoms. The van der Waals surface area contributed by atoms with E-state index in [4.69, 9.17) is 11.6 Å². The molecule has 2 N–H and O–H groups in total. The molecule has 0 aliphatic carbocycles. The van der Waals surface area contributed by atoms with Crippen LogP contribution in [0.25, 0.3) is 10.9 Å². The van der Waals surface area contributed by atoms with Crippen molar-refractivity contribution in [3.63, 3.8) is 0 Å². The first kappa shape index (κ1) is 15.1. The van der Waals surface area contributed by atoms with Gasteiger partial charge in [0.1, 0.15) is 11.3 Å². The van der Waals surface area contributed by atoms with E-state index in [9.17, 15) is 14.7 Å². The average Bonchev–Trinajstić information content (AvgIpc) is 2.50. The van der Waals surface area contributed by atoms with Crippen molar-refractivity contribution in [1.29, 1.82) is 0 Å². The number of amides is 1. The Bertz CT molecular complexity index is 979. The van der Waals surface area contributed by atoms with Crippen molar-refractivity contribution < 1.29 is 9.90 Å². The summed E-state index contributed by atoms with van der Waals surface area (Å²) in [5.41, 5.74) is 0.597. The topological polar surface area (TPSA) is 71.3 Å². The van der Waals surface area contributed by atoms with Crippen LogP contribution in [0.1, 0.15) is 10.4 Å². The van der Waals surface area contributed by atoms with E-state index in [1.54, 1.807) is 41.9 Å². The summed E-state index contributed by atoms with van der Waals surface area (Å²) in [5, 5.41) is 12.9. The number of halogens is 1. The van der Waals surface area contributed by atoms with E-state index in [2.05, 4.69) is 5.32 Å². The van der Waals surface area contributed by atoms with Crippen molar-refractivity contribution in [3.05, 3.63) is 69.5 Å². The van der Waals surface area contributed by atoms with Crippen LogP contribution < -0.4 is 10.7 Å². The lowest BCUT2D eigenvalue weighted by molar-refractivity contribution is 0.102. The largest absolute Gasteiger partial charge is 0.508 e. The van der Waals surface area contributed by atoms with E-state index in [0.717, 1.165) is 0 Å². The van der Waals surface area contributed by atoms with Gasteiger partial charge in [0.2, 0.25) is 5.43 Å². The molecule has 6 heteroatoms. The number of aryl methyl sites for hydroxylation is 1. The predicted octanol–water partition coefficient (Wildman–Crippen LogP) is 3.15. The highest BCUT2D eigenvalue weighted by molar-refractivity contribution is 6.35. The fourth-order valence-electron chi connectivity index (χ4n) is 2.46. The van der Waals surface area contributed by atoms with E-state index in [1.165, 1.54) is 18.3 Å². The Morgan fingerprint density at radius 3 is 2.70 bits per heavy atom. The molecule has 0 radical (unpaired) electrons. The number of para-hydroxylation sites is 1. The molecule has 23 heavy (non-hydrogen) atoms. The van der Waals surface area contributed by atoms with Crippen LogP contribution in [0.3, 0.4) is 0 Å². The number of rotatable bonds is 2. The van der Waals surface area contributed by atoms with Gasteiger partial charge in [-0.3, -0.25) is 9.59 Å². The highest BCUT2D eigenvalue weighted by Gasteiger charge is 2.16. The first-order valence-electron chi connectivity index (χ1n) is 6.85. The highest BCUT2D eigenvalue weighted by atomic mass is 35.5. The van der Waals surface area contributed by atoms with Crippen LogP contribution >= 0.6 is 11.6 Å². The normalized spacial score (nSPS) is 10.7. The molecule has 3 aromatic rings. The summed E-state index contributed by atoms with van der Waals surface area (Å²) in [6, 6.07) is 11.1. The van der Waals surface area contributed by atoms with Gasteiger partial charge in [-0.2, -0.15) is 0 Å². The number of hydrogen-bond donors (Lipinski definition) is 2. The lowest BCUT2D eigenvalue weighted by atomic mass is 10.1. The SMILES string of the molecule is Cn1cc(C(=O)Nc2cccc(O)c2)c(=O)c2cccc(Cl)c21. The number of anilines is 1. The Labute approximate surface area is 136 Å². The van der Waals surface area contributed by atoms with Gasteiger partial charge in [0, 0.05) is 30.4 Å². The summed E-state index contributed by atoms with van der Waals surface area (Å²) in [7, 11) is 1.72. The number of carbonyl (C=O) groups excluding carboxylic acids is 1. The lowest BCUT2D eigenvalue weighted by Crippen LogP contribution is -2.23. The summed E-state index contributed by atoms with van der Waals surface area (Å²) in [6.07, 6.45) is 1.45. The minimum Gasteiger partial charge on any atom is -0.508 e. The molecule has 0 saturated heterocycles. The summed E-state index contributed by atoms with van der Waals surface area (Å²) in [5.74, 6) is -0.515. The van der Waals surface area contributed by atoms with E-state index >= 15 is 0 Å². The predicted molar refractivity (Wildman–Crippen MR) is 90.3 cm³/mol. The smallest absolute Gasteiger partial charge is 0.261 e. The maximum Gasteiger partial charge on any atom is 0.261 e.